The molecular formula is C16H20N2OS. The van der Waals surface area contributed by atoms with E-state index in [1.807, 2.05) is 7.05 Å². The molecule has 0 saturated heterocycles. The average molecular weight is 288 g/mol. The number of aromatic nitrogens is 1. The molecule has 1 aromatic carbocycles. The van der Waals surface area contributed by atoms with Crippen LogP contribution in [0.2, 0.25) is 0 Å². The molecule has 1 N–H and O–H groups in total. The fraction of sp³-hybridized carbons (Fsp3) is 0.438. The van der Waals surface area contributed by atoms with E-state index in [-0.39, 0.29) is 6.04 Å². The maximum absolute atomic E-state index is 5.80. The number of rotatable bonds is 5. The van der Waals surface area contributed by atoms with Crippen LogP contribution < -0.4 is 10.1 Å². The predicted molar refractivity (Wildman–Crippen MR) is 82.6 cm³/mol. The molecule has 1 heterocycles. The molecule has 1 saturated carbocycles. The highest BCUT2D eigenvalue weighted by Gasteiger charge is 2.23. The van der Waals surface area contributed by atoms with Crippen LogP contribution in [0.15, 0.2) is 24.3 Å². The maximum Gasteiger partial charge on any atom is 0.119 e. The summed E-state index contributed by atoms with van der Waals surface area (Å²) in [5.41, 5.74) is 2.37. The minimum Gasteiger partial charge on any atom is -0.490 e. The molecule has 3 rings (SSSR count). The van der Waals surface area contributed by atoms with E-state index in [0.29, 0.717) is 6.10 Å². The van der Waals surface area contributed by atoms with Gasteiger partial charge in [0, 0.05) is 4.88 Å². The predicted octanol–water partition coefficient (Wildman–Crippen LogP) is 3.61. The van der Waals surface area contributed by atoms with Crippen molar-refractivity contribution in [1.29, 1.82) is 0 Å². The van der Waals surface area contributed by atoms with Crippen molar-refractivity contribution in [1.82, 2.24) is 10.3 Å². The van der Waals surface area contributed by atoms with Crippen LogP contribution in [-0.2, 0) is 0 Å². The highest BCUT2D eigenvalue weighted by atomic mass is 32.1. The molecule has 0 spiro atoms. The van der Waals surface area contributed by atoms with Crippen molar-refractivity contribution in [2.24, 2.45) is 0 Å². The van der Waals surface area contributed by atoms with Gasteiger partial charge in [-0.25, -0.2) is 4.98 Å². The summed E-state index contributed by atoms with van der Waals surface area (Å²) in [7, 11) is 1.99. The van der Waals surface area contributed by atoms with Crippen LogP contribution in [0.4, 0.5) is 0 Å². The minimum absolute atomic E-state index is 0.205. The zero-order valence-electron chi connectivity index (χ0n) is 12.1. The van der Waals surface area contributed by atoms with Crippen LogP contribution in [0.1, 0.15) is 40.0 Å². The summed E-state index contributed by atoms with van der Waals surface area (Å²) in [4.78, 5) is 5.82. The summed E-state index contributed by atoms with van der Waals surface area (Å²) in [6.07, 6.45) is 2.84. The van der Waals surface area contributed by atoms with Gasteiger partial charge in [0.25, 0.3) is 0 Å². The SMILES string of the molecule is CNC(c1ccc(OC2CC2)cc1)c1sc(C)nc1C. The normalized spacial score (nSPS) is 16.1. The summed E-state index contributed by atoms with van der Waals surface area (Å²) in [6.45, 7) is 4.13. The standard InChI is InChI=1S/C16H20N2OS/c1-10-16(20-11(2)18-10)15(17-3)12-4-6-13(7-5-12)19-14-8-9-14/h4-7,14-15,17H,8-9H2,1-3H3. The molecule has 1 atom stereocenters. The first-order valence-electron chi connectivity index (χ1n) is 7.05. The summed E-state index contributed by atoms with van der Waals surface area (Å²) < 4.78 is 5.80. The summed E-state index contributed by atoms with van der Waals surface area (Å²) in [5.74, 6) is 0.975. The van der Waals surface area contributed by atoms with Crippen molar-refractivity contribution in [2.45, 2.75) is 38.8 Å². The second-order valence-electron chi connectivity index (χ2n) is 5.29. The van der Waals surface area contributed by atoms with Gasteiger partial charge >= 0.3 is 0 Å². The Morgan fingerprint density at radius 1 is 1.25 bits per heavy atom. The second kappa shape index (κ2) is 5.54. The van der Waals surface area contributed by atoms with E-state index in [4.69, 9.17) is 4.74 Å². The van der Waals surface area contributed by atoms with Crippen LogP contribution in [-0.4, -0.2) is 18.1 Å². The molecule has 20 heavy (non-hydrogen) atoms. The van der Waals surface area contributed by atoms with Gasteiger partial charge in [-0.15, -0.1) is 11.3 Å². The molecule has 3 nitrogen and oxygen atoms in total. The fourth-order valence-corrected chi connectivity index (χ4v) is 3.45. The van der Waals surface area contributed by atoms with Crippen LogP contribution in [0.5, 0.6) is 5.75 Å². The van der Waals surface area contributed by atoms with E-state index < -0.39 is 0 Å². The lowest BCUT2D eigenvalue weighted by Crippen LogP contribution is -2.17. The van der Waals surface area contributed by atoms with E-state index >= 15 is 0 Å². The van der Waals surface area contributed by atoms with Crippen molar-refractivity contribution < 1.29 is 4.74 Å². The highest BCUT2D eigenvalue weighted by molar-refractivity contribution is 7.11. The largest absolute Gasteiger partial charge is 0.490 e. The molecule has 1 aromatic heterocycles. The molecule has 4 heteroatoms. The van der Waals surface area contributed by atoms with E-state index in [0.717, 1.165) is 16.5 Å². The molecule has 1 aliphatic rings. The zero-order chi connectivity index (χ0) is 14.1. The number of ether oxygens (including phenoxy) is 1. The molecule has 0 aliphatic heterocycles. The summed E-state index contributed by atoms with van der Waals surface area (Å²) in [5, 5.41) is 4.51. The van der Waals surface area contributed by atoms with Crippen LogP contribution >= 0.6 is 11.3 Å². The van der Waals surface area contributed by atoms with Gasteiger partial charge in [0.05, 0.1) is 22.8 Å². The molecule has 1 unspecified atom stereocenters. The number of nitrogens with one attached hydrogen (secondary N) is 1. The molecule has 1 aliphatic carbocycles. The summed E-state index contributed by atoms with van der Waals surface area (Å²) >= 11 is 1.76. The molecule has 0 radical (unpaired) electrons. The van der Waals surface area contributed by atoms with Gasteiger partial charge in [-0.1, -0.05) is 12.1 Å². The molecule has 0 bridgehead atoms. The quantitative estimate of drug-likeness (QED) is 0.912. The van der Waals surface area contributed by atoms with Gasteiger partial charge in [0.1, 0.15) is 5.75 Å². The molecular weight excluding hydrogens is 268 g/mol. The lowest BCUT2D eigenvalue weighted by molar-refractivity contribution is 0.303. The Balaban J connectivity index is 1.83. The van der Waals surface area contributed by atoms with Crippen LogP contribution in [0, 0.1) is 13.8 Å². The van der Waals surface area contributed by atoms with Crippen molar-refractivity contribution in [3.63, 3.8) is 0 Å². The lowest BCUT2D eigenvalue weighted by atomic mass is 10.0. The van der Waals surface area contributed by atoms with Gasteiger partial charge in [0.15, 0.2) is 0 Å². The van der Waals surface area contributed by atoms with Crippen LogP contribution in [0.25, 0.3) is 0 Å². The van der Waals surface area contributed by atoms with Crippen molar-refractivity contribution in [2.75, 3.05) is 7.05 Å². The molecule has 0 amide bonds. The van der Waals surface area contributed by atoms with Crippen molar-refractivity contribution in [3.8, 4) is 5.75 Å². The van der Waals surface area contributed by atoms with Crippen molar-refractivity contribution >= 4 is 11.3 Å². The van der Waals surface area contributed by atoms with Crippen LogP contribution in [0.3, 0.4) is 0 Å². The Labute approximate surface area is 124 Å². The first-order chi connectivity index (χ1) is 9.67. The number of nitrogens with zero attached hydrogens (tertiary/aromatic N) is 1. The number of benzene rings is 1. The molecule has 106 valence electrons. The van der Waals surface area contributed by atoms with Gasteiger partial charge in [0.2, 0.25) is 0 Å². The number of hydrogen-bond donors (Lipinski definition) is 1. The van der Waals surface area contributed by atoms with Gasteiger partial charge < -0.3 is 10.1 Å². The first-order valence-corrected chi connectivity index (χ1v) is 7.87. The van der Waals surface area contributed by atoms with Gasteiger partial charge in [-0.2, -0.15) is 0 Å². The topological polar surface area (TPSA) is 34.1 Å². The number of thiazole rings is 1. The van der Waals surface area contributed by atoms with E-state index in [2.05, 4.69) is 48.4 Å². The average Bonchev–Trinajstić information content (AvgIpc) is 3.18. The zero-order valence-corrected chi connectivity index (χ0v) is 13.0. The third kappa shape index (κ3) is 2.86. The monoisotopic (exact) mass is 288 g/mol. The summed E-state index contributed by atoms with van der Waals surface area (Å²) in [6, 6.07) is 8.64. The van der Waals surface area contributed by atoms with Gasteiger partial charge in [-0.05, 0) is 51.4 Å². The smallest absolute Gasteiger partial charge is 0.119 e. The van der Waals surface area contributed by atoms with E-state index in [9.17, 15) is 0 Å². The third-order valence-electron chi connectivity index (χ3n) is 3.53. The second-order valence-corrected chi connectivity index (χ2v) is 6.53. The Morgan fingerprint density at radius 3 is 2.45 bits per heavy atom. The minimum atomic E-state index is 0.205. The fourth-order valence-electron chi connectivity index (χ4n) is 2.38. The Hall–Kier alpha value is -1.39. The lowest BCUT2D eigenvalue weighted by Gasteiger charge is -2.16. The Morgan fingerprint density at radius 2 is 1.95 bits per heavy atom. The Kier molecular flexibility index (Phi) is 3.76. The highest BCUT2D eigenvalue weighted by Crippen LogP contribution is 2.32. The number of aryl methyl sites for hydroxylation is 2. The Bertz CT molecular complexity index is 587. The maximum atomic E-state index is 5.80. The first kappa shape index (κ1) is 13.6. The molecule has 1 fully saturated rings. The van der Waals surface area contributed by atoms with E-state index in [1.165, 1.54) is 23.3 Å². The third-order valence-corrected chi connectivity index (χ3v) is 4.67. The number of hydrogen-bond acceptors (Lipinski definition) is 4. The van der Waals surface area contributed by atoms with Crippen molar-refractivity contribution in [3.05, 3.63) is 45.4 Å². The molecule has 2 aromatic rings. The van der Waals surface area contributed by atoms with E-state index in [1.54, 1.807) is 11.3 Å². The van der Waals surface area contributed by atoms with Gasteiger partial charge in [-0.3, -0.25) is 0 Å².